The average molecular weight is 500 g/mol. The van der Waals surface area contributed by atoms with Crippen molar-refractivity contribution in [3.05, 3.63) is 0 Å². The lowest BCUT2D eigenvalue weighted by Gasteiger charge is -2.62. The van der Waals surface area contributed by atoms with Gasteiger partial charge in [0, 0.05) is 13.0 Å². The molecule has 10 atom stereocenters. The fourth-order valence-corrected chi connectivity index (χ4v) is 9.58. The van der Waals surface area contributed by atoms with Gasteiger partial charge in [-0.15, -0.1) is 0 Å². The first-order chi connectivity index (χ1) is 15.8. The van der Waals surface area contributed by atoms with Gasteiger partial charge in [0.2, 0.25) is 5.91 Å². The topological polar surface area (TPSA) is 124 Å². The summed E-state index contributed by atoms with van der Waals surface area (Å²) in [6, 6.07) is 0. The molecule has 4 fully saturated rings. The van der Waals surface area contributed by atoms with Gasteiger partial charge in [-0.2, -0.15) is 8.42 Å². The van der Waals surface area contributed by atoms with Crippen LogP contribution in [-0.2, 0) is 14.9 Å². The summed E-state index contributed by atoms with van der Waals surface area (Å²) >= 11 is 0. The van der Waals surface area contributed by atoms with Crippen molar-refractivity contribution in [1.82, 2.24) is 5.32 Å². The maximum Gasteiger partial charge on any atom is 0.266 e. The van der Waals surface area contributed by atoms with E-state index in [1.165, 1.54) is 25.7 Å². The van der Waals surface area contributed by atoms with Crippen molar-refractivity contribution in [1.29, 1.82) is 0 Å². The van der Waals surface area contributed by atoms with E-state index in [1.807, 2.05) is 0 Å². The number of carbonyl (C=O) groups is 1. The smallest absolute Gasteiger partial charge is 0.266 e. The molecule has 0 aromatic carbocycles. The summed E-state index contributed by atoms with van der Waals surface area (Å²) in [4.78, 5) is 12.2. The molecule has 0 aromatic heterocycles. The molecule has 4 rings (SSSR count). The predicted octanol–water partition coefficient (Wildman–Crippen LogP) is 3.40. The van der Waals surface area contributed by atoms with E-state index in [2.05, 4.69) is 26.1 Å². The zero-order valence-electron chi connectivity index (χ0n) is 21.1. The lowest BCUT2D eigenvalue weighted by molar-refractivity contribution is -0.172. The maximum absolute atomic E-state index is 12.2. The van der Waals surface area contributed by atoms with Gasteiger partial charge >= 0.3 is 0 Å². The maximum atomic E-state index is 12.2. The summed E-state index contributed by atoms with van der Waals surface area (Å²) in [7, 11) is -4.06. The van der Waals surface area contributed by atoms with Crippen LogP contribution in [0.15, 0.2) is 0 Å². The Morgan fingerprint density at radius 3 is 2.38 bits per heavy atom. The Labute approximate surface area is 205 Å². The Balaban J connectivity index is 1.38. The molecular weight excluding hydrogens is 454 g/mol. The van der Waals surface area contributed by atoms with Crippen LogP contribution < -0.4 is 5.32 Å². The lowest BCUT2D eigenvalue weighted by atomic mass is 9.44. The second kappa shape index (κ2) is 9.64. The Kier molecular flexibility index (Phi) is 7.47. The summed E-state index contributed by atoms with van der Waals surface area (Å²) in [5, 5.41) is 24.0. The number of aliphatic hydroxyl groups is 2. The van der Waals surface area contributed by atoms with Crippen molar-refractivity contribution in [3.8, 4) is 0 Å². The van der Waals surface area contributed by atoms with Gasteiger partial charge in [0.05, 0.1) is 18.0 Å². The van der Waals surface area contributed by atoms with Crippen LogP contribution in [0.5, 0.6) is 0 Å². The van der Waals surface area contributed by atoms with Crippen LogP contribution >= 0.6 is 0 Å². The standard InChI is InChI=1S/C26H45NO6S/c1-16(4-7-24(30)27-12-13-34(31,32)33)19-5-6-20-18-15-23(29)22-14-17(28)8-10-26(22,3)21(18)9-11-25(19,20)2/h16-23,28-29H,4-15H2,1-3H3,(H,27,30)(H,31,32,33)/t16-,17-,18+,19-,20+,21+,22+,23+,25-,26-/m1/s1. The highest BCUT2D eigenvalue weighted by Crippen LogP contribution is 2.68. The summed E-state index contributed by atoms with van der Waals surface area (Å²) in [6.45, 7) is 7.05. The highest BCUT2D eigenvalue weighted by Gasteiger charge is 2.62. The van der Waals surface area contributed by atoms with E-state index in [0.29, 0.717) is 36.0 Å². The molecule has 4 saturated carbocycles. The number of nitrogens with one attached hydrogen (secondary N) is 1. The number of rotatable bonds is 7. The molecule has 0 aromatic rings. The van der Waals surface area contributed by atoms with E-state index >= 15 is 0 Å². The van der Waals surface area contributed by atoms with Crippen LogP contribution in [0.2, 0.25) is 0 Å². The SMILES string of the molecule is C[C@H](CCC(=O)NCCS(=O)(=O)O)[C@H]1CC[C@H]2[C@@H]3C[C@H](O)[C@@H]4C[C@H](O)CC[C@]4(C)[C@H]3CC[C@]12C. The van der Waals surface area contributed by atoms with E-state index < -0.39 is 15.9 Å². The van der Waals surface area contributed by atoms with Crippen molar-refractivity contribution in [2.24, 2.45) is 46.3 Å². The fourth-order valence-electron chi connectivity index (χ4n) is 9.22. The van der Waals surface area contributed by atoms with Gasteiger partial charge in [-0.1, -0.05) is 20.8 Å². The van der Waals surface area contributed by atoms with Gasteiger partial charge in [-0.3, -0.25) is 9.35 Å². The van der Waals surface area contributed by atoms with Crippen molar-refractivity contribution < 1.29 is 28.0 Å². The third kappa shape index (κ3) is 4.94. The summed E-state index contributed by atoms with van der Waals surface area (Å²) < 4.78 is 30.5. The van der Waals surface area contributed by atoms with Crippen LogP contribution in [0.3, 0.4) is 0 Å². The predicted molar refractivity (Wildman–Crippen MR) is 130 cm³/mol. The van der Waals surface area contributed by atoms with Gasteiger partial charge in [-0.25, -0.2) is 0 Å². The monoisotopic (exact) mass is 499 g/mol. The number of carbonyl (C=O) groups excluding carboxylic acids is 1. The Morgan fingerprint density at radius 1 is 1.00 bits per heavy atom. The quantitative estimate of drug-likeness (QED) is 0.398. The Hall–Kier alpha value is -0.700. The average Bonchev–Trinajstić information content (AvgIpc) is 3.10. The molecule has 1 amide bonds. The number of hydrogen-bond acceptors (Lipinski definition) is 5. The van der Waals surface area contributed by atoms with E-state index in [9.17, 15) is 23.4 Å². The molecule has 8 heteroatoms. The molecule has 4 aliphatic carbocycles. The third-order valence-corrected chi connectivity index (χ3v) is 11.6. The highest BCUT2D eigenvalue weighted by atomic mass is 32.2. The Morgan fingerprint density at radius 2 is 1.68 bits per heavy atom. The normalized spacial score (nSPS) is 45.1. The molecule has 0 unspecified atom stereocenters. The molecule has 0 radical (unpaired) electrons. The molecular formula is C26H45NO6S. The second-order valence-corrected chi connectivity index (χ2v) is 14.2. The lowest BCUT2D eigenvalue weighted by Crippen LogP contribution is -2.58. The largest absolute Gasteiger partial charge is 0.393 e. The zero-order valence-corrected chi connectivity index (χ0v) is 21.9. The van der Waals surface area contributed by atoms with Crippen LogP contribution in [0.4, 0.5) is 0 Å². The van der Waals surface area contributed by atoms with Crippen molar-refractivity contribution in [2.45, 2.75) is 97.2 Å². The summed E-state index contributed by atoms with van der Waals surface area (Å²) in [5.74, 6) is 2.36. The van der Waals surface area contributed by atoms with Gasteiger partial charge in [0.15, 0.2) is 0 Å². The number of aliphatic hydroxyl groups excluding tert-OH is 2. The van der Waals surface area contributed by atoms with Crippen LogP contribution in [0.1, 0.15) is 85.0 Å². The number of amides is 1. The highest BCUT2D eigenvalue weighted by molar-refractivity contribution is 7.85. The molecule has 34 heavy (non-hydrogen) atoms. The van der Waals surface area contributed by atoms with Gasteiger partial charge in [0.1, 0.15) is 0 Å². The van der Waals surface area contributed by atoms with Crippen molar-refractivity contribution >= 4 is 16.0 Å². The van der Waals surface area contributed by atoms with Gasteiger partial charge < -0.3 is 15.5 Å². The number of fused-ring (bicyclic) bond motifs is 5. The molecule has 0 heterocycles. The molecule has 7 nitrogen and oxygen atoms in total. The van der Waals surface area contributed by atoms with E-state index in [4.69, 9.17) is 4.55 Å². The molecule has 4 N–H and O–H groups in total. The minimum Gasteiger partial charge on any atom is -0.393 e. The molecule has 0 aliphatic heterocycles. The second-order valence-electron chi connectivity index (χ2n) is 12.6. The zero-order chi connectivity index (χ0) is 24.9. The van der Waals surface area contributed by atoms with E-state index in [0.717, 1.165) is 32.1 Å². The Bertz CT molecular complexity index is 863. The first-order valence-corrected chi connectivity index (χ1v) is 15.0. The van der Waals surface area contributed by atoms with Crippen molar-refractivity contribution in [2.75, 3.05) is 12.3 Å². The minimum atomic E-state index is -4.06. The summed E-state index contributed by atoms with van der Waals surface area (Å²) in [5.41, 5.74) is 0.367. The van der Waals surface area contributed by atoms with Gasteiger partial charge in [0.25, 0.3) is 10.1 Å². The molecule has 4 aliphatic rings. The van der Waals surface area contributed by atoms with Gasteiger partial charge in [-0.05, 0) is 104 Å². The van der Waals surface area contributed by atoms with Crippen LogP contribution in [0, 0.1) is 46.3 Å². The van der Waals surface area contributed by atoms with Crippen LogP contribution in [-0.4, -0.2) is 53.6 Å². The molecule has 0 saturated heterocycles. The first kappa shape index (κ1) is 26.4. The fraction of sp³-hybridized carbons (Fsp3) is 0.962. The number of hydrogen-bond donors (Lipinski definition) is 4. The molecule has 0 spiro atoms. The molecule has 196 valence electrons. The third-order valence-electron chi connectivity index (χ3n) is 10.9. The minimum absolute atomic E-state index is 0.0581. The molecule has 0 bridgehead atoms. The van der Waals surface area contributed by atoms with E-state index in [1.54, 1.807) is 0 Å². The van der Waals surface area contributed by atoms with Crippen molar-refractivity contribution in [3.63, 3.8) is 0 Å². The van der Waals surface area contributed by atoms with Crippen LogP contribution in [0.25, 0.3) is 0 Å². The first-order valence-electron chi connectivity index (χ1n) is 13.4. The summed E-state index contributed by atoms with van der Waals surface area (Å²) in [6.07, 6.45) is 8.84. The van der Waals surface area contributed by atoms with E-state index in [-0.39, 0.29) is 41.4 Å².